The van der Waals surface area contributed by atoms with Crippen LogP contribution in [0.25, 0.3) is 0 Å². The molecule has 0 bridgehead atoms. The minimum Gasteiger partial charge on any atom is -0.497 e. The third-order valence-electron chi connectivity index (χ3n) is 4.34. The van der Waals surface area contributed by atoms with Crippen LogP contribution in [0.5, 0.6) is 11.5 Å². The standard InChI is InChI=1S/C19H29N5O2/c1-7-20-19(22-12-17-13(2)23-24(4)14(17)3)21-11-15-8-9-16(25-5)10-18(15)26-6/h8-10H,7,11-12H2,1-6H3,(H2,20,21,22). The van der Waals surface area contributed by atoms with E-state index in [1.165, 1.54) is 5.56 Å². The van der Waals surface area contributed by atoms with Crippen LogP contribution in [0.3, 0.4) is 0 Å². The van der Waals surface area contributed by atoms with Crippen molar-refractivity contribution < 1.29 is 9.47 Å². The number of aromatic nitrogens is 2. The van der Waals surface area contributed by atoms with E-state index in [1.54, 1.807) is 14.2 Å². The second-order valence-electron chi connectivity index (χ2n) is 6.00. The van der Waals surface area contributed by atoms with Crippen molar-refractivity contribution in [3.63, 3.8) is 0 Å². The third-order valence-corrected chi connectivity index (χ3v) is 4.34. The predicted molar refractivity (Wildman–Crippen MR) is 104 cm³/mol. The topological polar surface area (TPSA) is 72.7 Å². The van der Waals surface area contributed by atoms with Crippen molar-refractivity contribution >= 4 is 5.96 Å². The highest BCUT2D eigenvalue weighted by molar-refractivity contribution is 5.79. The maximum atomic E-state index is 5.44. The molecule has 2 N–H and O–H groups in total. The molecular weight excluding hydrogens is 330 g/mol. The smallest absolute Gasteiger partial charge is 0.191 e. The lowest BCUT2D eigenvalue weighted by atomic mass is 10.2. The summed E-state index contributed by atoms with van der Waals surface area (Å²) in [5.74, 6) is 2.29. The molecule has 0 saturated heterocycles. The molecule has 7 nitrogen and oxygen atoms in total. The van der Waals surface area contributed by atoms with Crippen molar-refractivity contribution in [2.75, 3.05) is 20.8 Å². The lowest BCUT2D eigenvalue weighted by Gasteiger charge is -2.13. The second kappa shape index (κ2) is 9.12. The zero-order valence-corrected chi connectivity index (χ0v) is 16.5. The number of aliphatic imine (C=N–C) groups is 1. The van der Waals surface area contributed by atoms with Gasteiger partial charge in [-0.05, 0) is 32.9 Å². The van der Waals surface area contributed by atoms with Gasteiger partial charge in [-0.25, -0.2) is 4.99 Å². The minimum atomic E-state index is 0.507. The molecule has 0 atom stereocenters. The lowest BCUT2D eigenvalue weighted by Crippen LogP contribution is -2.37. The number of nitrogens with zero attached hydrogens (tertiary/aromatic N) is 3. The molecule has 7 heteroatoms. The van der Waals surface area contributed by atoms with Gasteiger partial charge < -0.3 is 20.1 Å². The van der Waals surface area contributed by atoms with Gasteiger partial charge in [-0.15, -0.1) is 0 Å². The molecular formula is C19H29N5O2. The van der Waals surface area contributed by atoms with E-state index in [2.05, 4.69) is 27.6 Å². The Morgan fingerprint density at radius 1 is 1.19 bits per heavy atom. The Morgan fingerprint density at radius 2 is 1.96 bits per heavy atom. The Kier molecular flexibility index (Phi) is 6.89. The summed E-state index contributed by atoms with van der Waals surface area (Å²) in [6.45, 7) is 8.12. The van der Waals surface area contributed by atoms with Gasteiger partial charge in [-0.1, -0.05) is 0 Å². The monoisotopic (exact) mass is 359 g/mol. The van der Waals surface area contributed by atoms with Gasteiger partial charge in [0.05, 0.1) is 26.5 Å². The van der Waals surface area contributed by atoms with Crippen molar-refractivity contribution in [2.45, 2.75) is 33.9 Å². The molecule has 0 unspecified atom stereocenters. The van der Waals surface area contributed by atoms with Gasteiger partial charge in [0.25, 0.3) is 0 Å². The molecule has 26 heavy (non-hydrogen) atoms. The molecule has 1 heterocycles. The summed E-state index contributed by atoms with van der Waals surface area (Å²) in [4.78, 5) is 4.68. The molecule has 0 aliphatic heterocycles. The summed E-state index contributed by atoms with van der Waals surface area (Å²) >= 11 is 0. The van der Waals surface area contributed by atoms with Crippen molar-refractivity contribution in [1.29, 1.82) is 0 Å². The molecule has 0 amide bonds. The molecule has 0 aliphatic carbocycles. The Balaban J connectivity index is 2.11. The van der Waals surface area contributed by atoms with Crippen LogP contribution in [0.4, 0.5) is 0 Å². The van der Waals surface area contributed by atoms with E-state index in [0.29, 0.717) is 13.1 Å². The second-order valence-corrected chi connectivity index (χ2v) is 6.00. The molecule has 0 saturated carbocycles. The fraction of sp³-hybridized carbons (Fsp3) is 0.474. The molecule has 1 aromatic carbocycles. The Labute approximate surface area is 155 Å². The summed E-state index contributed by atoms with van der Waals surface area (Å²) in [5.41, 5.74) is 4.38. The van der Waals surface area contributed by atoms with Crippen LogP contribution in [-0.2, 0) is 20.1 Å². The van der Waals surface area contributed by atoms with Crippen molar-refractivity contribution in [3.05, 3.63) is 40.7 Å². The van der Waals surface area contributed by atoms with Gasteiger partial charge in [0.1, 0.15) is 11.5 Å². The maximum Gasteiger partial charge on any atom is 0.191 e. The highest BCUT2D eigenvalue weighted by Gasteiger charge is 2.10. The van der Waals surface area contributed by atoms with E-state index in [1.807, 2.05) is 43.8 Å². The largest absolute Gasteiger partial charge is 0.497 e. The van der Waals surface area contributed by atoms with E-state index in [4.69, 9.17) is 9.47 Å². The Bertz CT molecular complexity index is 768. The van der Waals surface area contributed by atoms with Gasteiger partial charge >= 0.3 is 0 Å². The van der Waals surface area contributed by atoms with Crippen LogP contribution < -0.4 is 20.1 Å². The number of aryl methyl sites for hydroxylation is 2. The number of hydrogen-bond acceptors (Lipinski definition) is 4. The van der Waals surface area contributed by atoms with Gasteiger partial charge in [0, 0.05) is 43.0 Å². The number of guanidine groups is 1. The average Bonchev–Trinajstić information content (AvgIpc) is 2.89. The first-order chi connectivity index (χ1) is 12.5. The fourth-order valence-electron chi connectivity index (χ4n) is 2.73. The molecule has 142 valence electrons. The van der Waals surface area contributed by atoms with Crippen LogP contribution in [0, 0.1) is 13.8 Å². The Morgan fingerprint density at radius 3 is 2.54 bits per heavy atom. The lowest BCUT2D eigenvalue weighted by molar-refractivity contribution is 0.391. The van der Waals surface area contributed by atoms with Gasteiger partial charge in [0.2, 0.25) is 0 Å². The predicted octanol–water partition coefficient (Wildman–Crippen LogP) is 2.31. The third kappa shape index (κ3) is 4.68. The molecule has 0 fully saturated rings. The van der Waals surface area contributed by atoms with Crippen LogP contribution in [0.2, 0.25) is 0 Å². The maximum absolute atomic E-state index is 5.44. The van der Waals surface area contributed by atoms with Crippen LogP contribution in [0.15, 0.2) is 23.2 Å². The molecule has 2 rings (SSSR count). The summed E-state index contributed by atoms with van der Waals surface area (Å²) in [5, 5.41) is 11.1. The van der Waals surface area contributed by atoms with Crippen molar-refractivity contribution in [2.24, 2.45) is 12.0 Å². The first-order valence-corrected chi connectivity index (χ1v) is 8.72. The average molecular weight is 359 g/mol. The van der Waals surface area contributed by atoms with Gasteiger partial charge in [-0.3, -0.25) is 4.68 Å². The number of benzene rings is 1. The van der Waals surface area contributed by atoms with Gasteiger partial charge in [-0.2, -0.15) is 5.10 Å². The fourth-order valence-corrected chi connectivity index (χ4v) is 2.73. The van der Waals surface area contributed by atoms with E-state index in [0.717, 1.165) is 41.0 Å². The normalized spacial score (nSPS) is 11.4. The van der Waals surface area contributed by atoms with E-state index in [9.17, 15) is 0 Å². The van der Waals surface area contributed by atoms with E-state index < -0.39 is 0 Å². The quantitative estimate of drug-likeness (QED) is 0.586. The number of rotatable bonds is 7. The summed E-state index contributed by atoms with van der Waals surface area (Å²) < 4.78 is 12.6. The van der Waals surface area contributed by atoms with Crippen LogP contribution in [-0.4, -0.2) is 36.5 Å². The zero-order chi connectivity index (χ0) is 19.1. The molecule has 0 aliphatic rings. The number of ether oxygens (including phenoxy) is 2. The molecule has 0 radical (unpaired) electrons. The first kappa shape index (κ1) is 19.6. The Hall–Kier alpha value is -2.70. The number of hydrogen-bond donors (Lipinski definition) is 2. The van der Waals surface area contributed by atoms with Gasteiger partial charge in [0.15, 0.2) is 5.96 Å². The van der Waals surface area contributed by atoms with Crippen LogP contribution >= 0.6 is 0 Å². The van der Waals surface area contributed by atoms with Crippen molar-refractivity contribution in [1.82, 2.24) is 20.4 Å². The number of methoxy groups -OCH3 is 2. The summed E-state index contributed by atoms with van der Waals surface area (Å²) in [6.07, 6.45) is 0. The zero-order valence-electron chi connectivity index (χ0n) is 16.5. The number of nitrogens with one attached hydrogen (secondary N) is 2. The van der Waals surface area contributed by atoms with E-state index in [-0.39, 0.29) is 0 Å². The highest BCUT2D eigenvalue weighted by atomic mass is 16.5. The molecule has 2 aromatic rings. The molecule has 1 aromatic heterocycles. The minimum absolute atomic E-state index is 0.507. The summed E-state index contributed by atoms with van der Waals surface area (Å²) in [7, 11) is 5.25. The van der Waals surface area contributed by atoms with Crippen LogP contribution in [0.1, 0.15) is 29.4 Å². The first-order valence-electron chi connectivity index (χ1n) is 8.72. The van der Waals surface area contributed by atoms with E-state index >= 15 is 0 Å². The molecule has 0 spiro atoms. The highest BCUT2D eigenvalue weighted by Crippen LogP contribution is 2.25. The van der Waals surface area contributed by atoms with Crippen molar-refractivity contribution in [3.8, 4) is 11.5 Å². The SMILES string of the molecule is CCNC(=NCc1ccc(OC)cc1OC)NCc1c(C)nn(C)c1C. The summed E-state index contributed by atoms with van der Waals surface area (Å²) in [6, 6.07) is 5.75.